The topological polar surface area (TPSA) is 12.0 Å². The van der Waals surface area contributed by atoms with Crippen molar-refractivity contribution in [2.75, 3.05) is 0 Å². The summed E-state index contributed by atoms with van der Waals surface area (Å²) in [7, 11) is 0. The summed E-state index contributed by atoms with van der Waals surface area (Å²) < 4.78 is 0. The molecule has 0 aromatic carbocycles. The van der Waals surface area contributed by atoms with Crippen molar-refractivity contribution in [2.45, 2.75) is 92.2 Å². The molecule has 0 bridgehead atoms. The van der Waals surface area contributed by atoms with E-state index in [-0.39, 0.29) is 0 Å². The van der Waals surface area contributed by atoms with E-state index < -0.39 is 0 Å². The average Bonchev–Trinajstić information content (AvgIpc) is 2.31. The van der Waals surface area contributed by atoms with E-state index in [1.165, 1.54) is 38.5 Å². The first-order valence-electron chi connectivity index (χ1n) is 7.86. The Kier molecular flexibility index (Phi) is 9.91. The van der Waals surface area contributed by atoms with Crippen LogP contribution < -0.4 is 5.32 Å². The van der Waals surface area contributed by atoms with E-state index in [1.807, 2.05) is 0 Å². The van der Waals surface area contributed by atoms with Gasteiger partial charge in [-0.1, -0.05) is 54.4 Å². The molecular formula is C16H35N. The van der Waals surface area contributed by atoms with Gasteiger partial charge in [0.05, 0.1) is 0 Å². The number of hydrogen-bond acceptors (Lipinski definition) is 1. The van der Waals surface area contributed by atoms with Gasteiger partial charge in [0.15, 0.2) is 0 Å². The number of rotatable bonds is 10. The van der Waals surface area contributed by atoms with Gasteiger partial charge in [-0.2, -0.15) is 0 Å². The third kappa shape index (κ3) is 6.45. The minimum absolute atomic E-state index is 0.708. The van der Waals surface area contributed by atoms with E-state index >= 15 is 0 Å². The van der Waals surface area contributed by atoms with Gasteiger partial charge in [-0.25, -0.2) is 0 Å². The van der Waals surface area contributed by atoms with Crippen LogP contribution in [-0.4, -0.2) is 12.1 Å². The predicted octanol–water partition coefficient (Wildman–Crippen LogP) is 5.01. The molecule has 0 aliphatic heterocycles. The summed E-state index contributed by atoms with van der Waals surface area (Å²) in [4.78, 5) is 0. The fourth-order valence-corrected chi connectivity index (χ4v) is 2.96. The quantitative estimate of drug-likeness (QED) is 0.567. The standard InChI is InChI=1S/C16H35N/c1-7-11-13(5)15(9-3)17-16(10-4)14(6)12-8-2/h13-17H,7-12H2,1-6H3. The van der Waals surface area contributed by atoms with Crippen molar-refractivity contribution in [3.05, 3.63) is 0 Å². The molecule has 4 atom stereocenters. The Balaban J connectivity index is 4.29. The summed E-state index contributed by atoms with van der Waals surface area (Å²) >= 11 is 0. The zero-order chi connectivity index (χ0) is 13.3. The molecule has 0 saturated heterocycles. The lowest BCUT2D eigenvalue weighted by molar-refractivity contribution is 0.257. The van der Waals surface area contributed by atoms with Gasteiger partial charge in [0.1, 0.15) is 0 Å². The van der Waals surface area contributed by atoms with Gasteiger partial charge in [0.2, 0.25) is 0 Å². The lowest BCUT2D eigenvalue weighted by Crippen LogP contribution is -2.44. The second kappa shape index (κ2) is 9.94. The summed E-state index contributed by atoms with van der Waals surface area (Å²) in [6.45, 7) is 14.0. The SMILES string of the molecule is CCCC(C)C(CC)NC(CC)C(C)CCC. The highest BCUT2D eigenvalue weighted by Gasteiger charge is 2.21. The smallest absolute Gasteiger partial charge is 0.00927 e. The monoisotopic (exact) mass is 241 g/mol. The fraction of sp³-hybridized carbons (Fsp3) is 1.00. The Hall–Kier alpha value is -0.0400. The summed E-state index contributed by atoms with van der Waals surface area (Å²) in [5, 5.41) is 3.92. The molecule has 0 rings (SSSR count). The summed E-state index contributed by atoms with van der Waals surface area (Å²) in [5.41, 5.74) is 0. The average molecular weight is 241 g/mol. The Morgan fingerprint density at radius 3 is 1.29 bits per heavy atom. The molecule has 0 radical (unpaired) electrons. The highest BCUT2D eigenvalue weighted by molar-refractivity contribution is 4.79. The van der Waals surface area contributed by atoms with Gasteiger partial charge < -0.3 is 5.32 Å². The Bertz CT molecular complexity index is 149. The molecule has 0 heterocycles. The summed E-state index contributed by atoms with van der Waals surface area (Å²) in [6, 6.07) is 1.42. The summed E-state index contributed by atoms with van der Waals surface area (Å²) in [6.07, 6.45) is 7.84. The third-order valence-electron chi connectivity index (χ3n) is 4.17. The van der Waals surface area contributed by atoms with E-state index in [1.54, 1.807) is 0 Å². The molecule has 0 aliphatic rings. The van der Waals surface area contributed by atoms with Gasteiger partial charge >= 0.3 is 0 Å². The summed E-state index contributed by atoms with van der Waals surface area (Å²) in [5.74, 6) is 1.63. The van der Waals surface area contributed by atoms with E-state index in [9.17, 15) is 0 Å². The Morgan fingerprint density at radius 2 is 1.06 bits per heavy atom. The van der Waals surface area contributed by atoms with E-state index in [0.717, 1.165) is 11.8 Å². The molecule has 0 fully saturated rings. The van der Waals surface area contributed by atoms with Crippen molar-refractivity contribution in [3.8, 4) is 0 Å². The molecule has 104 valence electrons. The first-order chi connectivity index (χ1) is 8.10. The van der Waals surface area contributed by atoms with Gasteiger partial charge in [0.25, 0.3) is 0 Å². The highest BCUT2D eigenvalue weighted by Crippen LogP contribution is 2.19. The molecule has 1 nitrogen and oxygen atoms in total. The molecule has 0 saturated carbocycles. The highest BCUT2D eigenvalue weighted by atomic mass is 15.0. The normalized spacial score (nSPS) is 18.7. The van der Waals surface area contributed by atoms with Gasteiger partial charge in [-0.05, 0) is 37.5 Å². The lowest BCUT2D eigenvalue weighted by Gasteiger charge is -2.32. The second-order valence-electron chi connectivity index (χ2n) is 5.73. The van der Waals surface area contributed by atoms with Crippen LogP contribution in [0.4, 0.5) is 0 Å². The van der Waals surface area contributed by atoms with Crippen LogP contribution in [0.15, 0.2) is 0 Å². The van der Waals surface area contributed by atoms with Gasteiger partial charge in [-0.15, -0.1) is 0 Å². The van der Waals surface area contributed by atoms with Crippen molar-refractivity contribution >= 4 is 0 Å². The van der Waals surface area contributed by atoms with Crippen LogP contribution in [0.1, 0.15) is 80.1 Å². The first-order valence-corrected chi connectivity index (χ1v) is 7.86. The van der Waals surface area contributed by atoms with Crippen molar-refractivity contribution in [2.24, 2.45) is 11.8 Å². The maximum absolute atomic E-state index is 3.92. The molecule has 1 heteroatoms. The van der Waals surface area contributed by atoms with Crippen LogP contribution in [0.2, 0.25) is 0 Å². The predicted molar refractivity (Wildman–Crippen MR) is 79.4 cm³/mol. The molecular weight excluding hydrogens is 206 g/mol. The minimum Gasteiger partial charge on any atom is -0.311 e. The second-order valence-corrected chi connectivity index (χ2v) is 5.73. The molecule has 0 aromatic rings. The molecule has 0 amide bonds. The largest absolute Gasteiger partial charge is 0.311 e. The molecule has 0 aliphatic carbocycles. The van der Waals surface area contributed by atoms with E-state index in [0.29, 0.717) is 12.1 Å². The maximum Gasteiger partial charge on any atom is 0.00927 e. The van der Waals surface area contributed by atoms with Crippen molar-refractivity contribution in [3.63, 3.8) is 0 Å². The van der Waals surface area contributed by atoms with Crippen LogP contribution in [0.5, 0.6) is 0 Å². The van der Waals surface area contributed by atoms with Crippen LogP contribution in [-0.2, 0) is 0 Å². The minimum atomic E-state index is 0.708. The molecule has 0 aromatic heterocycles. The van der Waals surface area contributed by atoms with Gasteiger partial charge in [-0.3, -0.25) is 0 Å². The fourth-order valence-electron chi connectivity index (χ4n) is 2.96. The number of nitrogens with one attached hydrogen (secondary N) is 1. The van der Waals surface area contributed by atoms with Crippen LogP contribution in [0.3, 0.4) is 0 Å². The van der Waals surface area contributed by atoms with Crippen LogP contribution in [0.25, 0.3) is 0 Å². The lowest BCUT2D eigenvalue weighted by atomic mass is 9.90. The Labute approximate surface area is 110 Å². The van der Waals surface area contributed by atoms with Crippen LogP contribution in [0, 0.1) is 11.8 Å². The van der Waals surface area contributed by atoms with Gasteiger partial charge in [0, 0.05) is 12.1 Å². The zero-order valence-electron chi connectivity index (χ0n) is 13.1. The van der Waals surface area contributed by atoms with Crippen LogP contribution >= 0.6 is 0 Å². The maximum atomic E-state index is 3.92. The van der Waals surface area contributed by atoms with E-state index in [2.05, 4.69) is 46.9 Å². The third-order valence-corrected chi connectivity index (χ3v) is 4.17. The molecule has 0 spiro atoms. The number of hydrogen-bond donors (Lipinski definition) is 1. The van der Waals surface area contributed by atoms with Crippen molar-refractivity contribution in [1.82, 2.24) is 5.32 Å². The van der Waals surface area contributed by atoms with Crippen molar-refractivity contribution < 1.29 is 0 Å². The first kappa shape index (κ1) is 17.0. The Morgan fingerprint density at radius 1 is 0.706 bits per heavy atom. The molecule has 17 heavy (non-hydrogen) atoms. The van der Waals surface area contributed by atoms with E-state index in [4.69, 9.17) is 0 Å². The molecule has 1 N–H and O–H groups in total. The molecule has 4 unspecified atom stereocenters. The zero-order valence-corrected chi connectivity index (χ0v) is 13.1. The van der Waals surface area contributed by atoms with Crippen molar-refractivity contribution in [1.29, 1.82) is 0 Å².